The van der Waals surface area contributed by atoms with Crippen molar-refractivity contribution >= 4 is 22.9 Å². The average Bonchev–Trinajstić information content (AvgIpc) is 1.61. The highest BCUT2D eigenvalue weighted by Gasteiger charge is 1.72. The summed E-state index contributed by atoms with van der Waals surface area (Å²) in [6, 6.07) is 0. The van der Waals surface area contributed by atoms with E-state index in [0.717, 1.165) is 6.42 Å². The van der Waals surface area contributed by atoms with Crippen LogP contribution in [0.5, 0.6) is 0 Å². The van der Waals surface area contributed by atoms with Crippen LogP contribution < -0.4 is 0 Å². The van der Waals surface area contributed by atoms with Gasteiger partial charge in [0.05, 0.1) is 22.9 Å². The molecule has 42 valence electrons. The molecule has 1 nitrogen and oxygen atoms in total. The summed E-state index contributed by atoms with van der Waals surface area (Å²) in [5.41, 5.74) is 0. The maximum atomic E-state index is 2.21. The van der Waals surface area contributed by atoms with Gasteiger partial charge in [0.2, 0.25) is 0 Å². The minimum Gasteiger partial charge on any atom is -0.325 e. The number of allylic oxidation sites excluding steroid dienone is 1. The van der Waals surface area contributed by atoms with Crippen LogP contribution in [0.3, 0.4) is 0 Å². The highest BCUT2D eigenvalue weighted by Crippen LogP contribution is 1.93. The van der Waals surface area contributed by atoms with E-state index in [4.69, 9.17) is 0 Å². The predicted molar refractivity (Wildman–Crippen MR) is 41.2 cm³/mol. The van der Waals surface area contributed by atoms with Gasteiger partial charge in [0.1, 0.15) is 0 Å². The van der Waals surface area contributed by atoms with Crippen molar-refractivity contribution < 1.29 is 0 Å². The van der Waals surface area contributed by atoms with Gasteiger partial charge >= 0.3 is 0 Å². The molecule has 0 aromatic rings. The van der Waals surface area contributed by atoms with Crippen LogP contribution >= 0.6 is 22.9 Å². The van der Waals surface area contributed by atoms with Gasteiger partial charge in [-0.05, 0) is 6.42 Å². The first-order valence-corrected chi connectivity index (χ1v) is 3.29. The summed E-state index contributed by atoms with van der Waals surface area (Å²) in [5, 5.41) is 0. The predicted octanol–water partition coefficient (Wildman–Crippen LogP) is 2.19. The highest BCUT2D eigenvalue weighted by atomic mass is 127. The van der Waals surface area contributed by atoms with Gasteiger partial charge in [-0.1, -0.05) is 13.0 Å². The van der Waals surface area contributed by atoms with Gasteiger partial charge in [-0.3, -0.25) is 0 Å². The Balaban J connectivity index is 3.08. The molecule has 0 unspecified atom stereocenters. The summed E-state index contributed by atoms with van der Waals surface area (Å²) in [5.74, 6) is 0. The highest BCUT2D eigenvalue weighted by molar-refractivity contribution is 14.1. The molecule has 0 aliphatic rings. The van der Waals surface area contributed by atoms with E-state index in [2.05, 4.69) is 35.9 Å². The van der Waals surface area contributed by atoms with E-state index in [1.807, 2.05) is 16.4 Å². The number of nitrogens with zero attached hydrogens (tertiary/aromatic N) is 1. The van der Waals surface area contributed by atoms with E-state index in [9.17, 15) is 0 Å². The number of hydrogen-bond donors (Lipinski definition) is 0. The molecule has 0 aromatic heterocycles. The fourth-order valence-corrected chi connectivity index (χ4v) is 0.478. The first-order valence-electron chi connectivity index (χ1n) is 2.32. The lowest BCUT2D eigenvalue weighted by Crippen LogP contribution is -1.88. The molecule has 0 saturated heterocycles. The standard InChI is InChI=1S/C5H10IN/c1-3-4-5-7(2)6/h4-5H,3H2,1-2H3/b5-4-. The lowest BCUT2D eigenvalue weighted by atomic mass is 10.5. The molecular weight excluding hydrogens is 201 g/mol. The zero-order chi connectivity index (χ0) is 5.70. The third kappa shape index (κ3) is 6.27. The van der Waals surface area contributed by atoms with E-state index < -0.39 is 0 Å². The first-order chi connectivity index (χ1) is 3.27. The minimum absolute atomic E-state index is 1.12. The van der Waals surface area contributed by atoms with Gasteiger partial charge in [0.15, 0.2) is 0 Å². The third-order valence-corrected chi connectivity index (χ3v) is 0.868. The molecule has 0 rings (SSSR count). The van der Waals surface area contributed by atoms with Gasteiger partial charge in [0, 0.05) is 13.2 Å². The largest absolute Gasteiger partial charge is 0.325 e. The maximum Gasteiger partial charge on any atom is 0.0583 e. The van der Waals surface area contributed by atoms with Crippen LogP contribution in [0.1, 0.15) is 13.3 Å². The molecule has 2 heteroatoms. The van der Waals surface area contributed by atoms with Crippen LogP contribution in [0.4, 0.5) is 0 Å². The van der Waals surface area contributed by atoms with Crippen molar-refractivity contribution in [3.05, 3.63) is 12.3 Å². The second kappa shape index (κ2) is 4.43. The fourth-order valence-electron chi connectivity index (χ4n) is 0.251. The first kappa shape index (κ1) is 7.27. The van der Waals surface area contributed by atoms with Crippen molar-refractivity contribution in [2.45, 2.75) is 13.3 Å². The van der Waals surface area contributed by atoms with Crippen LogP contribution in [-0.2, 0) is 0 Å². The Hall–Kier alpha value is 0.270. The molecular formula is C5H10IN. The van der Waals surface area contributed by atoms with Crippen LogP contribution in [0, 0.1) is 0 Å². The van der Waals surface area contributed by atoms with E-state index in [1.54, 1.807) is 0 Å². The molecule has 0 N–H and O–H groups in total. The molecule has 0 spiro atoms. The number of hydrogen-bond acceptors (Lipinski definition) is 1. The Bertz CT molecular complexity index is 59.1. The molecule has 7 heavy (non-hydrogen) atoms. The second-order valence-corrected chi connectivity index (χ2v) is 2.84. The van der Waals surface area contributed by atoms with Crippen molar-refractivity contribution in [2.24, 2.45) is 0 Å². The molecule has 0 atom stereocenters. The van der Waals surface area contributed by atoms with E-state index in [1.165, 1.54) is 0 Å². The molecule has 0 aliphatic carbocycles. The quantitative estimate of drug-likeness (QED) is 0.499. The minimum atomic E-state index is 1.12. The van der Waals surface area contributed by atoms with Gasteiger partial charge in [-0.15, -0.1) is 0 Å². The normalized spacial score (nSPS) is 10.1. The fraction of sp³-hybridized carbons (Fsp3) is 0.600. The summed E-state index contributed by atoms with van der Waals surface area (Å²) >= 11 is 2.21. The van der Waals surface area contributed by atoms with Crippen LogP contribution in [0.2, 0.25) is 0 Å². The van der Waals surface area contributed by atoms with Crippen molar-refractivity contribution in [1.29, 1.82) is 0 Å². The van der Waals surface area contributed by atoms with Crippen molar-refractivity contribution in [3.8, 4) is 0 Å². The van der Waals surface area contributed by atoms with Crippen molar-refractivity contribution in [3.63, 3.8) is 0 Å². The lowest BCUT2D eigenvalue weighted by Gasteiger charge is -1.97. The summed E-state index contributed by atoms with van der Waals surface area (Å²) in [7, 11) is 2.01. The van der Waals surface area contributed by atoms with Crippen LogP contribution in [-0.4, -0.2) is 10.2 Å². The molecule has 0 aliphatic heterocycles. The molecule has 0 amide bonds. The van der Waals surface area contributed by atoms with Gasteiger partial charge in [-0.2, -0.15) is 0 Å². The summed E-state index contributed by atoms with van der Waals surface area (Å²) < 4.78 is 2.00. The SMILES string of the molecule is CC/C=C\N(C)I. The second-order valence-electron chi connectivity index (χ2n) is 1.32. The molecule has 0 radical (unpaired) electrons. The Morgan fingerprint density at radius 1 is 1.71 bits per heavy atom. The van der Waals surface area contributed by atoms with Gasteiger partial charge in [0.25, 0.3) is 0 Å². The Labute approximate surface area is 58.9 Å². The van der Waals surface area contributed by atoms with Gasteiger partial charge in [-0.25, -0.2) is 0 Å². The lowest BCUT2D eigenvalue weighted by molar-refractivity contribution is 0.828. The Kier molecular flexibility index (Phi) is 4.60. The zero-order valence-electron chi connectivity index (χ0n) is 4.69. The summed E-state index contributed by atoms with van der Waals surface area (Å²) in [6.45, 7) is 2.12. The number of halogens is 1. The van der Waals surface area contributed by atoms with E-state index in [0.29, 0.717) is 0 Å². The maximum absolute atomic E-state index is 2.21. The molecule has 0 bridgehead atoms. The molecule has 0 fully saturated rings. The van der Waals surface area contributed by atoms with E-state index in [-0.39, 0.29) is 0 Å². The molecule has 0 aromatic carbocycles. The van der Waals surface area contributed by atoms with Gasteiger partial charge < -0.3 is 3.11 Å². The zero-order valence-corrected chi connectivity index (χ0v) is 6.84. The van der Waals surface area contributed by atoms with Crippen LogP contribution in [0.25, 0.3) is 0 Å². The summed E-state index contributed by atoms with van der Waals surface area (Å²) in [6.07, 6.45) is 5.28. The monoisotopic (exact) mass is 211 g/mol. The van der Waals surface area contributed by atoms with Crippen molar-refractivity contribution in [1.82, 2.24) is 3.11 Å². The molecule has 0 saturated carbocycles. The third-order valence-electron chi connectivity index (χ3n) is 0.547. The smallest absolute Gasteiger partial charge is 0.0583 e. The van der Waals surface area contributed by atoms with Crippen molar-refractivity contribution in [2.75, 3.05) is 7.05 Å². The molecule has 0 heterocycles. The average molecular weight is 211 g/mol. The topological polar surface area (TPSA) is 3.24 Å². The van der Waals surface area contributed by atoms with E-state index >= 15 is 0 Å². The van der Waals surface area contributed by atoms with Crippen LogP contribution in [0.15, 0.2) is 12.3 Å². The summed E-state index contributed by atoms with van der Waals surface area (Å²) in [4.78, 5) is 0. The Morgan fingerprint density at radius 3 is 2.43 bits per heavy atom. The Morgan fingerprint density at radius 2 is 2.29 bits per heavy atom. The number of rotatable bonds is 2.